The van der Waals surface area contributed by atoms with E-state index in [-0.39, 0.29) is 6.04 Å². The van der Waals surface area contributed by atoms with Gasteiger partial charge in [-0.25, -0.2) is 0 Å². The summed E-state index contributed by atoms with van der Waals surface area (Å²) in [5.41, 5.74) is 5.79. The van der Waals surface area contributed by atoms with Gasteiger partial charge in [0.2, 0.25) is 5.91 Å². The molecule has 1 atom stereocenters. The van der Waals surface area contributed by atoms with E-state index in [2.05, 4.69) is 11.9 Å². The van der Waals surface area contributed by atoms with Gasteiger partial charge in [0.25, 0.3) is 0 Å². The van der Waals surface area contributed by atoms with Crippen LogP contribution in [-0.4, -0.2) is 55.0 Å². The molecule has 2 N–H and O–H groups in total. The van der Waals surface area contributed by atoms with Crippen molar-refractivity contribution < 1.29 is 4.79 Å². The summed E-state index contributed by atoms with van der Waals surface area (Å²) < 4.78 is 0. The molecule has 1 saturated carbocycles. The second-order valence-electron chi connectivity index (χ2n) is 5.93. The van der Waals surface area contributed by atoms with Crippen molar-refractivity contribution in [2.75, 3.05) is 33.2 Å². The maximum atomic E-state index is 12.3. The van der Waals surface area contributed by atoms with Crippen LogP contribution in [0, 0.1) is 5.92 Å². The van der Waals surface area contributed by atoms with Crippen LogP contribution in [0.4, 0.5) is 0 Å². The van der Waals surface area contributed by atoms with Gasteiger partial charge in [-0.15, -0.1) is 0 Å². The van der Waals surface area contributed by atoms with Crippen molar-refractivity contribution >= 4 is 5.91 Å². The Morgan fingerprint density at radius 3 is 2.67 bits per heavy atom. The minimum Gasteiger partial charge on any atom is -0.336 e. The normalized spacial score (nSPS) is 26.8. The molecule has 1 saturated heterocycles. The van der Waals surface area contributed by atoms with Crippen LogP contribution in [0.2, 0.25) is 0 Å². The van der Waals surface area contributed by atoms with Crippen molar-refractivity contribution in [2.45, 2.75) is 44.6 Å². The average molecular weight is 253 g/mol. The predicted octanol–water partition coefficient (Wildman–Crippen LogP) is 1.06. The summed E-state index contributed by atoms with van der Waals surface area (Å²) in [4.78, 5) is 16.6. The van der Waals surface area contributed by atoms with Crippen molar-refractivity contribution in [2.24, 2.45) is 11.7 Å². The van der Waals surface area contributed by atoms with Crippen molar-refractivity contribution in [3.63, 3.8) is 0 Å². The van der Waals surface area contributed by atoms with Gasteiger partial charge in [-0.05, 0) is 19.4 Å². The van der Waals surface area contributed by atoms with Crippen LogP contribution in [0.3, 0.4) is 0 Å². The lowest BCUT2D eigenvalue weighted by Gasteiger charge is -2.39. The summed E-state index contributed by atoms with van der Waals surface area (Å²) in [5, 5.41) is 0. The van der Waals surface area contributed by atoms with E-state index in [9.17, 15) is 4.79 Å². The first kappa shape index (κ1) is 13.8. The average Bonchev–Trinajstić information content (AvgIpc) is 2.88. The zero-order valence-corrected chi connectivity index (χ0v) is 11.6. The van der Waals surface area contributed by atoms with Crippen LogP contribution in [0.5, 0.6) is 0 Å². The van der Waals surface area contributed by atoms with Gasteiger partial charge in [0.1, 0.15) is 0 Å². The van der Waals surface area contributed by atoms with Gasteiger partial charge < -0.3 is 15.5 Å². The Labute approximate surface area is 110 Å². The Hall–Kier alpha value is -0.610. The third-order valence-electron chi connectivity index (χ3n) is 4.52. The van der Waals surface area contributed by atoms with E-state index >= 15 is 0 Å². The second-order valence-corrected chi connectivity index (χ2v) is 5.93. The van der Waals surface area contributed by atoms with Crippen LogP contribution in [0.15, 0.2) is 0 Å². The Bertz CT molecular complexity index is 276. The molecule has 2 rings (SSSR count). The van der Waals surface area contributed by atoms with Crippen LogP contribution in [0.25, 0.3) is 0 Å². The van der Waals surface area contributed by atoms with E-state index in [1.54, 1.807) is 0 Å². The van der Waals surface area contributed by atoms with E-state index in [4.69, 9.17) is 5.73 Å². The number of amides is 1. The van der Waals surface area contributed by atoms with Crippen molar-refractivity contribution in [3.8, 4) is 0 Å². The molecule has 0 aromatic rings. The van der Waals surface area contributed by atoms with E-state index in [0.717, 1.165) is 38.4 Å². The van der Waals surface area contributed by atoms with Gasteiger partial charge in [0.15, 0.2) is 0 Å². The highest BCUT2D eigenvalue weighted by molar-refractivity contribution is 5.76. The molecular weight excluding hydrogens is 226 g/mol. The molecule has 1 amide bonds. The molecular formula is C14H27N3O. The first-order chi connectivity index (χ1) is 8.70. The van der Waals surface area contributed by atoms with Gasteiger partial charge in [-0.3, -0.25) is 4.79 Å². The Balaban J connectivity index is 1.79. The van der Waals surface area contributed by atoms with Gasteiger partial charge in [0, 0.05) is 32.6 Å². The summed E-state index contributed by atoms with van der Waals surface area (Å²) in [5.74, 6) is 1.13. The van der Waals surface area contributed by atoms with Crippen molar-refractivity contribution in [1.29, 1.82) is 0 Å². The predicted molar refractivity (Wildman–Crippen MR) is 73.2 cm³/mol. The highest BCUT2D eigenvalue weighted by atomic mass is 16.2. The Kier molecular flexibility index (Phi) is 5.01. The standard InChI is InChI=1S/C14H27N3O/c1-16-8-9-17(13(10-15)11-16)14(18)7-6-12-4-2-3-5-12/h12-13H,2-11,15H2,1H3. The third-order valence-corrected chi connectivity index (χ3v) is 4.52. The molecule has 0 aromatic carbocycles. The molecule has 104 valence electrons. The number of carbonyl (C=O) groups excluding carboxylic acids is 1. The van der Waals surface area contributed by atoms with Gasteiger partial charge in [-0.2, -0.15) is 0 Å². The number of rotatable bonds is 4. The molecule has 0 bridgehead atoms. The first-order valence-electron chi connectivity index (χ1n) is 7.38. The lowest BCUT2D eigenvalue weighted by Crippen LogP contribution is -2.56. The number of likely N-dealkylation sites (N-methyl/N-ethyl adjacent to an activating group) is 1. The largest absolute Gasteiger partial charge is 0.336 e. The Morgan fingerprint density at radius 2 is 2.00 bits per heavy atom. The minimum absolute atomic E-state index is 0.222. The summed E-state index contributed by atoms with van der Waals surface area (Å²) in [6, 6.07) is 0.222. The molecule has 1 aliphatic heterocycles. The number of nitrogens with two attached hydrogens (primary N) is 1. The quantitative estimate of drug-likeness (QED) is 0.815. The fraction of sp³-hybridized carbons (Fsp3) is 0.929. The molecule has 4 heteroatoms. The third kappa shape index (κ3) is 3.45. The summed E-state index contributed by atoms with van der Waals surface area (Å²) >= 11 is 0. The zero-order valence-electron chi connectivity index (χ0n) is 11.6. The van der Waals surface area contributed by atoms with Crippen molar-refractivity contribution in [3.05, 3.63) is 0 Å². The summed E-state index contributed by atoms with van der Waals surface area (Å²) in [7, 11) is 2.10. The summed E-state index contributed by atoms with van der Waals surface area (Å²) in [6.07, 6.45) is 7.19. The van der Waals surface area contributed by atoms with E-state index in [1.807, 2.05) is 4.90 Å². The molecule has 2 fully saturated rings. The molecule has 4 nitrogen and oxygen atoms in total. The van der Waals surface area contributed by atoms with Gasteiger partial charge in [-0.1, -0.05) is 25.7 Å². The highest BCUT2D eigenvalue weighted by Gasteiger charge is 2.28. The molecule has 1 heterocycles. The fourth-order valence-electron chi connectivity index (χ4n) is 3.31. The number of hydrogen-bond donors (Lipinski definition) is 1. The molecule has 2 aliphatic rings. The van der Waals surface area contributed by atoms with Gasteiger partial charge >= 0.3 is 0 Å². The molecule has 1 unspecified atom stereocenters. The number of carbonyl (C=O) groups is 1. The molecule has 0 spiro atoms. The maximum absolute atomic E-state index is 12.3. The molecule has 18 heavy (non-hydrogen) atoms. The monoisotopic (exact) mass is 253 g/mol. The number of nitrogens with zero attached hydrogens (tertiary/aromatic N) is 2. The minimum atomic E-state index is 0.222. The SMILES string of the molecule is CN1CCN(C(=O)CCC2CCCC2)C(CN)C1. The number of hydrogen-bond acceptors (Lipinski definition) is 3. The smallest absolute Gasteiger partial charge is 0.222 e. The Morgan fingerprint density at radius 1 is 1.28 bits per heavy atom. The second kappa shape index (κ2) is 6.53. The molecule has 0 aromatic heterocycles. The fourth-order valence-corrected chi connectivity index (χ4v) is 3.31. The lowest BCUT2D eigenvalue weighted by molar-refractivity contribution is -0.136. The zero-order chi connectivity index (χ0) is 13.0. The van der Waals surface area contributed by atoms with E-state index < -0.39 is 0 Å². The number of piperazine rings is 1. The summed E-state index contributed by atoms with van der Waals surface area (Å²) in [6.45, 7) is 3.33. The van der Waals surface area contributed by atoms with Gasteiger partial charge in [0.05, 0.1) is 6.04 Å². The molecule has 0 radical (unpaired) electrons. The topological polar surface area (TPSA) is 49.6 Å². The van der Waals surface area contributed by atoms with E-state index in [0.29, 0.717) is 12.5 Å². The highest BCUT2D eigenvalue weighted by Crippen LogP contribution is 2.28. The van der Waals surface area contributed by atoms with Crippen LogP contribution >= 0.6 is 0 Å². The maximum Gasteiger partial charge on any atom is 0.222 e. The molecule has 1 aliphatic carbocycles. The first-order valence-corrected chi connectivity index (χ1v) is 7.38. The van der Waals surface area contributed by atoms with Crippen LogP contribution in [-0.2, 0) is 4.79 Å². The van der Waals surface area contributed by atoms with E-state index in [1.165, 1.54) is 25.7 Å². The van der Waals surface area contributed by atoms with Crippen LogP contribution < -0.4 is 5.73 Å². The van der Waals surface area contributed by atoms with Crippen molar-refractivity contribution in [1.82, 2.24) is 9.80 Å². The van der Waals surface area contributed by atoms with Crippen LogP contribution in [0.1, 0.15) is 38.5 Å². The lowest BCUT2D eigenvalue weighted by atomic mass is 10.0.